The van der Waals surface area contributed by atoms with Gasteiger partial charge in [0.15, 0.2) is 0 Å². The van der Waals surface area contributed by atoms with Crippen molar-refractivity contribution in [1.82, 2.24) is 15.1 Å². The predicted octanol–water partition coefficient (Wildman–Crippen LogP) is 1.05. The highest BCUT2D eigenvalue weighted by atomic mass is 16.3. The van der Waals surface area contributed by atoms with Crippen LogP contribution in [0.25, 0.3) is 0 Å². The lowest BCUT2D eigenvalue weighted by molar-refractivity contribution is -0.128. The van der Waals surface area contributed by atoms with E-state index in [-0.39, 0.29) is 30.0 Å². The van der Waals surface area contributed by atoms with Crippen molar-refractivity contribution in [2.45, 2.75) is 45.1 Å². The maximum atomic E-state index is 12.4. The molecule has 6 nitrogen and oxygen atoms in total. The fourth-order valence-corrected chi connectivity index (χ4v) is 2.59. The number of carbonyl (C=O) groups is 2. The fourth-order valence-electron chi connectivity index (χ4n) is 2.59. The Morgan fingerprint density at radius 1 is 1.33 bits per heavy atom. The smallest absolute Gasteiger partial charge is 0.319 e. The molecule has 1 rings (SSSR count). The van der Waals surface area contributed by atoms with Gasteiger partial charge < -0.3 is 20.2 Å². The monoisotopic (exact) mass is 299 g/mol. The summed E-state index contributed by atoms with van der Waals surface area (Å²) in [6, 6.07) is 0.00698. The number of piperidine rings is 1. The molecule has 122 valence electrons. The first-order valence-corrected chi connectivity index (χ1v) is 7.72. The molecule has 0 aromatic heterocycles. The quantitative estimate of drug-likeness (QED) is 0.797. The molecule has 0 bridgehead atoms. The Morgan fingerprint density at radius 3 is 2.33 bits per heavy atom. The van der Waals surface area contributed by atoms with Crippen molar-refractivity contribution < 1.29 is 14.7 Å². The minimum atomic E-state index is -0.345. The fraction of sp³-hybridized carbons (Fsp3) is 0.867. The van der Waals surface area contributed by atoms with Gasteiger partial charge in [0.25, 0.3) is 0 Å². The number of aliphatic hydroxyl groups excluding tert-OH is 1. The maximum absolute atomic E-state index is 12.4. The molecular formula is C15H29N3O3. The van der Waals surface area contributed by atoms with Gasteiger partial charge in [0.2, 0.25) is 5.91 Å². The molecule has 0 aliphatic carbocycles. The van der Waals surface area contributed by atoms with Gasteiger partial charge in [-0.25, -0.2) is 4.79 Å². The van der Waals surface area contributed by atoms with Crippen LogP contribution < -0.4 is 5.32 Å². The Kier molecular flexibility index (Phi) is 6.45. The van der Waals surface area contributed by atoms with Crippen molar-refractivity contribution in [3.8, 4) is 0 Å². The third-order valence-electron chi connectivity index (χ3n) is 4.39. The molecule has 1 atom stereocenters. The summed E-state index contributed by atoms with van der Waals surface area (Å²) in [6.45, 7) is 5.29. The van der Waals surface area contributed by atoms with Gasteiger partial charge in [-0.05, 0) is 32.6 Å². The number of amides is 3. The standard InChI is InChI=1S/C15H29N3O3/c1-5-15(2,8-11-19)16-13(20)12-6-9-18(10-7-12)14(21)17(3)4/h12,19H,5-11H2,1-4H3,(H,16,20). The Hall–Kier alpha value is -1.30. The minimum absolute atomic E-state index is 0.00698. The third-order valence-corrected chi connectivity index (χ3v) is 4.39. The van der Waals surface area contributed by atoms with Crippen LogP contribution in [-0.4, -0.2) is 66.2 Å². The van der Waals surface area contributed by atoms with Crippen LogP contribution in [0.2, 0.25) is 0 Å². The number of urea groups is 1. The van der Waals surface area contributed by atoms with E-state index in [2.05, 4.69) is 5.32 Å². The average Bonchev–Trinajstić information content (AvgIpc) is 2.46. The van der Waals surface area contributed by atoms with Gasteiger partial charge in [-0.1, -0.05) is 6.92 Å². The molecule has 0 aromatic rings. The second kappa shape index (κ2) is 7.64. The number of nitrogens with zero attached hydrogens (tertiary/aromatic N) is 2. The van der Waals surface area contributed by atoms with Gasteiger partial charge in [0.05, 0.1) is 0 Å². The zero-order valence-electron chi connectivity index (χ0n) is 13.7. The normalized spacial score (nSPS) is 19.0. The zero-order valence-corrected chi connectivity index (χ0v) is 13.7. The molecule has 21 heavy (non-hydrogen) atoms. The molecule has 0 spiro atoms. The van der Waals surface area contributed by atoms with Crippen LogP contribution in [0.15, 0.2) is 0 Å². The molecule has 1 fully saturated rings. The van der Waals surface area contributed by atoms with Gasteiger partial charge in [0.1, 0.15) is 0 Å². The molecule has 1 unspecified atom stereocenters. The summed E-state index contributed by atoms with van der Waals surface area (Å²) in [5.41, 5.74) is -0.345. The van der Waals surface area contributed by atoms with Crippen molar-refractivity contribution >= 4 is 11.9 Å². The first-order chi connectivity index (χ1) is 9.83. The SMILES string of the molecule is CCC(C)(CCO)NC(=O)C1CCN(C(=O)N(C)C)CC1. The number of aliphatic hydroxyl groups is 1. The molecule has 0 saturated carbocycles. The number of nitrogens with one attached hydrogen (secondary N) is 1. The predicted molar refractivity (Wildman–Crippen MR) is 81.9 cm³/mol. The average molecular weight is 299 g/mol. The Morgan fingerprint density at radius 2 is 1.90 bits per heavy atom. The molecule has 1 aliphatic heterocycles. The second-order valence-corrected chi connectivity index (χ2v) is 6.32. The van der Waals surface area contributed by atoms with Crippen molar-refractivity contribution in [2.75, 3.05) is 33.8 Å². The third kappa shape index (κ3) is 4.88. The van der Waals surface area contributed by atoms with Gasteiger partial charge in [-0.2, -0.15) is 0 Å². The molecule has 2 N–H and O–H groups in total. The largest absolute Gasteiger partial charge is 0.396 e. The van der Waals surface area contributed by atoms with E-state index in [0.29, 0.717) is 32.4 Å². The zero-order chi connectivity index (χ0) is 16.0. The summed E-state index contributed by atoms with van der Waals surface area (Å²) in [4.78, 5) is 27.6. The van der Waals surface area contributed by atoms with Gasteiger partial charge in [-0.15, -0.1) is 0 Å². The van der Waals surface area contributed by atoms with E-state index in [1.165, 1.54) is 0 Å². The van der Waals surface area contributed by atoms with Gasteiger partial charge in [0, 0.05) is 45.2 Å². The lowest BCUT2D eigenvalue weighted by Crippen LogP contribution is -2.51. The highest BCUT2D eigenvalue weighted by Gasteiger charge is 2.31. The molecular weight excluding hydrogens is 270 g/mol. The van der Waals surface area contributed by atoms with Crippen LogP contribution in [0.5, 0.6) is 0 Å². The van der Waals surface area contributed by atoms with Crippen molar-refractivity contribution in [3.63, 3.8) is 0 Å². The molecule has 1 aliphatic rings. The minimum Gasteiger partial charge on any atom is -0.396 e. The topological polar surface area (TPSA) is 72.9 Å². The van der Waals surface area contributed by atoms with E-state index in [4.69, 9.17) is 5.11 Å². The van der Waals surface area contributed by atoms with E-state index < -0.39 is 0 Å². The summed E-state index contributed by atoms with van der Waals surface area (Å²) < 4.78 is 0. The van der Waals surface area contributed by atoms with Crippen LogP contribution in [0.1, 0.15) is 39.5 Å². The van der Waals surface area contributed by atoms with Crippen LogP contribution in [0.3, 0.4) is 0 Å². The summed E-state index contributed by atoms with van der Waals surface area (Å²) >= 11 is 0. The van der Waals surface area contributed by atoms with Crippen LogP contribution >= 0.6 is 0 Å². The molecule has 0 aromatic carbocycles. The van der Waals surface area contributed by atoms with E-state index in [1.807, 2.05) is 13.8 Å². The maximum Gasteiger partial charge on any atom is 0.319 e. The number of rotatable bonds is 5. The molecule has 0 radical (unpaired) electrons. The Labute approximate surface area is 127 Å². The first kappa shape index (κ1) is 17.8. The van der Waals surface area contributed by atoms with Gasteiger partial charge >= 0.3 is 6.03 Å². The van der Waals surface area contributed by atoms with E-state index in [1.54, 1.807) is 23.9 Å². The van der Waals surface area contributed by atoms with Crippen molar-refractivity contribution in [2.24, 2.45) is 5.92 Å². The Balaban J connectivity index is 2.50. The lowest BCUT2D eigenvalue weighted by atomic mass is 9.91. The van der Waals surface area contributed by atoms with Crippen LogP contribution in [0, 0.1) is 5.92 Å². The number of likely N-dealkylation sites (tertiary alicyclic amines) is 1. The van der Waals surface area contributed by atoms with Crippen molar-refractivity contribution in [1.29, 1.82) is 0 Å². The van der Waals surface area contributed by atoms with Gasteiger partial charge in [-0.3, -0.25) is 4.79 Å². The highest BCUT2D eigenvalue weighted by Crippen LogP contribution is 2.21. The molecule has 1 heterocycles. The second-order valence-electron chi connectivity index (χ2n) is 6.32. The summed E-state index contributed by atoms with van der Waals surface area (Å²) in [5.74, 6) is 0.00512. The first-order valence-electron chi connectivity index (χ1n) is 7.72. The Bertz CT molecular complexity index is 365. The lowest BCUT2D eigenvalue weighted by Gasteiger charge is -2.35. The van der Waals surface area contributed by atoms with Crippen molar-refractivity contribution in [3.05, 3.63) is 0 Å². The number of hydrogen-bond donors (Lipinski definition) is 2. The molecule has 3 amide bonds. The molecule has 6 heteroatoms. The van der Waals surface area contributed by atoms with E-state index in [0.717, 1.165) is 6.42 Å². The van der Waals surface area contributed by atoms with E-state index in [9.17, 15) is 9.59 Å². The van der Waals surface area contributed by atoms with E-state index >= 15 is 0 Å². The summed E-state index contributed by atoms with van der Waals surface area (Å²) in [6.07, 6.45) is 2.75. The van der Waals surface area contributed by atoms with Crippen LogP contribution in [-0.2, 0) is 4.79 Å². The summed E-state index contributed by atoms with van der Waals surface area (Å²) in [7, 11) is 3.48. The number of hydrogen-bond acceptors (Lipinski definition) is 3. The van der Waals surface area contributed by atoms with Crippen LogP contribution in [0.4, 0.5) is 4.79 Å². The summed E-state index contributed by atoms with van der Waals surface area (Å²) in [5, 5.41) is 12.2. The number of carbonyl (C=O) groups excluding carboxylic acids is 2. The highest BCUT2D eigenvalue weighted by molar-refractivity contribution is 5.80. The molecule has 1 saturated heterocycles.